The maximum absolute atomic E-state index is 14.8. The normalized spacial score (nSPS) is 11.1. The smallest absolute Gasteiger partial charge is 0.178 e. The van der Waals surface area contributed by atoms with Gasteiger partial charge in [0.1, 0.15) is 11.5 Å². The Morgan fingerprint density at radius 3 is 2.67 bits per heavy atom. The Morgan fingerprint density at radius 1 is 1.15 bits per heavy atom. The second-order valence-corrected chi connectivity index (χ2v) is 6.28. The van der Waals surface area contributed by atoms with E-state index in [0.29, 0.717) is 29.0 Å². The first kappa shape index (κ1) is 17.0. The van der Waals surface area contributed by atoms with Gasteiger partial charge in [-0.15, -0.1) is 0 Å². The molecule has 0 saturated carbocycles. The van der Waals surface area contributed by atoms with Gasteiger partial charge in [0, 0.05) is 42.2 Å². The average molecular weight is 360 g/mol. The van der Waals surface area contributed by atoms with Gasteiger partial charge >= 0.3 is 0 Å². The first-order chi connectivity index (χ1) is 13.1. The van der Waals surface area contributed by atoms with Crippen molar-refractivity contribution in [1.29, 1.82) is 0 Å². The van der Waals surface area contributed by atoms with Crippen LogP contribution in [-0.4, -0.2) is 25.4 Å². The van der Waals surface area contributed by atoms with Crippen LogP contribution in [0.3, 0.4) is 0 Å². The number of pyridine rings is 1. The fourth-order valence-corrected chi connectivity index (χ4v) is 3.04. The largest absolute Gasteiger partial charge is 0.293 e. The molecule has 0 saturated heterocycles. The van der Waals surface area contributed by atoms with Gasteiger partial charge < -0.3 is 0 Å². The molecule has 0 aliphatic rings. The van der Waals surface area contributed by atoms with E-state index in [0.717, 1.165) is 16.8 Å². The molecule has 0 atom stereocenters. The lowest BCUT2D eigenvalue weighted by molar-refractivity contribution is 0.101. The molecule has 1 aromatic carbocycles. The Morgan fingerprint density at radius 2 is 2.00 bits per heavy atom. The molecule has 0 radical (unpaired) electrons. The summed E-state index contributed by atoms with van der Waals surface area (Å²) in [4.78, 5) is 20.1. The number of ketones is 1. The Kier molecular flexibility index (Phi) is 4.24. The van der Waals surface area contributed by atoms with E-state index in [1.54, 1.807) is 35.1 Å². The minimum atomic E-state index is -0.371. The summed E-state index contributed by atoms with van der Waals surface area (Å²) < 4.78 is 16.5. The Bertz CT molecular complexity index is 1150. The molecule has 4 aromatic rings. The standard InChI is InChI=1S/C21H17FN4O/c1-3-16-10-19(13(2)27)24-21-11-20(25-26(16)21)17-7-6-14(9-18(17)22)15-5-4-8-23-12-15/h4-12H,3H2,1-2H3. The highest BCUT2D eigenvalue weighted by atomic mass is 19.1. The number of nitrogens with zero attached hydrogens (tertiary/aromatic N) is 4. The number of hydrogen-bond acceptors (Lipinski definition) is 4. The van der Waals surface area contributed by atoms with Crippen LogP contribution in [0.5, 0.6) is 0 Å². The van der Waals surface area contributed by atoms with Gasteiger partial charge in [-0.25, -0.2) is 13.9 Å². The minimum absolute atomic E-state index is 0.109. The van der Waals surface area contributed by atoms with E-state index in [1.807, 2.05) is 25.1 Å². The predicted octanol–water partition coefficient (Wildman–Crippen LogP) is 4.36. The molecule has 0 bridgehead atoms. The monoisotopic (exact) mass is 360 g/mol. The zero-order valence-corrected chi connectivity index (χ0v) is 15.0. The maximum atomic E-state index is 14.8. The van der Waals surface area contributed by atoms with Crippen LogP contribution in [0.2, 0.25) is 0 Å². The third kappa shape index (κ3) is 3.10. The van der Waals surface area contributed by atoms with Crippen molar-refractivity contribution in [2.75, 3.05) is 0 Å². The molecule has 0 fully saturated rings. The lowest BCUT2D eigenvalue weighted by Gasteiger charge is -2.05. The number of aryl methyl sites for hydroxylation is 1. The van der Waals surface area contributed by atoms with Gasteiger partial charge in [0.15, 0.2) is 11.4 Å². The number of halogens is 1. The average Bonchev–Trinajstić information content (AvgIpc) is 3.11. The van der Waals surface area contributed by atoms with Gasteiger partial charge in [-0.2, -0.15) is 5.10 Å². The second kappa shape index (κ2) is 6.72. The van der Waals surface area contributed by atoms with Gasteiger partial charge in [-0.1, -0.05) is 19.1 Å². The first-order valence-electron chi connectivity index (χ1n) is 8.67. The van der Waals surface area contributed by atoms with Crippen molar-refractivity contribution >= 4 is 11.4 Å². The third-order valence-corrected chi connectivity index (χ3v) is 4.46. The summed E-state index contributed by atoms with van der Waals surface area (Å²) in [5.74, 6) is -0.480. The van der Waals surface area contributed by atoms with E-state index in [-0.39, 0.29) is 11.6 Å². The summed E-state index contributed by atoms with van der Waals surface area (Å²) in [7, 11) is 0. The molecule has 0 spiro atoms. The minimum Gasteiger partial charge on any atom is -0.293 e. The molecular formula is C21H17FN4O. The second-order valence-electron chi connectivity index (χ2n) is 6.28. The van der Waals surface area contributed by atoms with Gasteiger partial charge in [-0.05, 0) is 36.2 Å². The Balaban J connectivity index is 1.81. The summed E-state index contributed by atoms with van der Waals surface area (Å²) >= 11 is 0. The summed E-state index contributed by atoms with van der Waals surface area (Å²) in [6.45, 7) is 3.45. The Hall–Kier alpha value is -3.41. The summed E-state index contributed by atoms with van der Waals surface area (Å²) in [5, 5.41) is 4.51. The van der Waals surface area contributed by atoms with Crippen LogP contribution in [0.4, 0.5) is 4.39 Å². The molecule has 27 heavy (non-hydrogen) atoms. The molecule has 134 valence electrons. The molecular weight excluding hydrogens is 343 g/mol. The topological polar surface area (TPSA) is 60.2 Å². The molecule has 0 amide bonds. The molecule has 0 aliphatic heterocycles. The zero-order valence-electron chi connectivity index (χ0n) is 15.0. The van der Waals surface area contributed by atoms with Crippen LogP contribution in [0.1, 0.15) is 30.0 Å². The van der Waals surface area contributed by atoms with Crippen LogP contribution in [0, 0.1) is 5.82 Å². The SMILES string of the molecule is CCc1cc(C(C)=O)nc2cc(-c3ccc(-c4cccnc4)cc3F)nn12. The molecule has 0 unspecified atom stereocenters. The van der Waals surface area contributed by atoms with Crippen molar-refractivity contribution in [3.05, 3.63) is 72.1 Å². The van der Waals surface area contributed by atoms with Gasteiger partial charge in [0.05, 0.1) is 5.69 Å². The van der Waals surface area contributed by atoms with E-state index >= 15 is 0 Å². The van der Waals surface area contributed by atoms with Crippen molar-refractivity contribution in [2.45, 2.75) is 20.3 Å². The lowest BCUT2D eigenvalue weighted by Crippen LogP contribution is -2.05. The maximum Gasteiger partial charge on any atom is 0.178 e. The molecule has 4 rings (SSSR count). The Labute approximate surface area is 155 Å². The van der Waals surface area contributed by atoms with Gasteiger partial charge in [-0.3, -0.25) is 9.78 Å². The van der Waals surface area contributed by atoms with Crippen LogP contribution < -0.4 is 0 Å². The molecule has 0 aliphatic carbocycles. The van der Waals surface area contributed by atoms with E-state index in [4.69, 9.17) is 0 Å². The van der Waals surface area contributed by atoms with Crippen LogP contribution in [0.25, 0.3) is 28.0 Å². The summed E-state index contributed by atoms with van der Waals surface area (Å²) in [5.41, 5.74) is 4.23. The van der Waals surface area contributed by atoms with Crippen LogP contribution >= 0.6 is 0 Å². The number of carbonyl (C=O) groups is 1. The van der Waals surface area contributed by atoms with Crippen molar-refractivity contribution < 1.29 is 9.18 Å². The van der Waals surface area contributed by atoms with Crippen molar-refractivity contribution in [3.63, 3.8) is 0 Å². The lowest BCUT2D eigenvalue weighted by atomic mass is 10.0. The molecule has 5 nitrogen and oxygen atoms in total. The number of rotatable bonds is 4. The number of carbonyl (C=O) groups excluding carboxylic acids is 1. The number of aromatic nitrogens is 4. The quantitative estimate of drug-likeness (QED) is 0.507. The first-order valence-corrected chi connectivity index (χ1v) is 8.67. The number of hydrogen-bond donors (Lipinski definition) is 0. The molecule has 3 heterocycles. The summed E-state index contributed by atoms with van der Waals surface area (Å²) in [6, 6.07) is 12.2. The fraction of sp³-hybridized carbons (Fsp3) is 0.143. The van der Waals surface area contributed by atoms with Crippen molar-refractivity contribution in [3.8, 4) is 22.4 Å². The molecule has 0 N–H and O–H groups in total. The van der Waals surface area contributed by atoms with E-state index < -0.39 is 0 Å². The number of benzene rings is 1. The predicted molar refractivity (Wildman–Crippen MR) is 101 cm³/mol. The summed E-state index contributed by atoms with van der Waals surface area (Å²) in [6.07, 6.45) is 4.06. The zero-order chi connectivity index (χ0) is 19.0. The van der Waals surface area contributed by atoms with Gasteiger partial charge in [0.2, 0.25) is 0 Å². The van der Waals surface area contributed by atoms with Crippen LogP contribution in [0.15, 0.2) is 54.9 Å². The molecule has 3 aromatic heterocycles. The van der Waals surface area contributed by atoms with E-state index in [9.17, 15) is 9.18 Å². The van der Waals surface area contributed by atoms with Crippen LogP contribution in [-0.2, 0) is 6.42 Å². The third-order valence-electron chi connectivity index (χ3n) is 4.46. The fourth-order valence-electron chi connectivity index (χ4n) is 3.04. The number of fused-ring (bicyclic) bond motifs is 1. The highest BCUT2D eigenvalue weighted by molar-refractivity contribution is 5.92. The van der Waals surface area contributed by atoms with Crippen molar-refractivity contribution in [1.82, 2.24) is 19.6 Å². The highest BCUT2D eigenvalue weighted by Gasteiger charge is 2.15. The number of Topliss-reactive ketones (excluding diaryl/α,β-unsaturated/α-hetero) is 1. The van der Waals surface area contributed by atoms with Gasteiger partial charge in [0.25, 0.3) is 0 Å². The molecule has 6 heteroatoms. The van der Waals surface area contributed by atoms with E-state index in [1.165, 1.54) is 13.0 Å². The highest BCUT2D eigenvalue weighted by Crippen LogP contribution is 2.28. The van der Waals surface area contributed by atoms with E-state index in [2.05, 4.69) is 15.1 Å². The van der Waals surface area contributed by atoms with Crippen molar-refractivity contribution in [2.24, 2.45) is 0 Å².